The zero-order chi connectivity index (χ0) is 17.4. The highest BCUT2D eigenvalue weighted by molar-refractivity contribution is 5.82. The predicted molar refractivity (Wildman–Crippen MR) is 93.4 cm³/mol. The summed E-state index contributed by atoms with van der Waals surface area (Å²) in [7, 11) is 1.33. The number of amides is 1. The first kappa shape index (κ1) is 17.7. The van der Waals surface area contributed by atoms with Crippen molar-refractivity contribution in [2.45, 2.75) is 25.8 Å². The van der Waals surface area contributed by atoms with E-state index >= 15 is 0 Å². The molecule has 0 aliphatic carbocycles. The van der Waals surface area contributed by atoms with Crippen molar-refractivity contribution in [3.05, 3.63) is 71.8 Å². The molecule has 4 heteroatoms. The second-order valence-corrected chi connectivity index (χ2v) is 5.48. The van der Waals surface area contributed by atoms with Gasteiger partial charge in [-0.05, 0) is 18.1 Å². The molecule has 0 radical (unpaired) electrons. The van der Waals surface area contributed by atoms with Crippen LogP contribution in [0.25, 0.3) is 0 Å². The second-order valence-electron chi connectivity index (χ2n) is 5.48. The van der Waals surface area contributed by atoms with Crippen LogP contribution in [0.15, 0.2) is 60.7 Å². The molecule has 0 saturated heterocycles. The van der Waals surface area contributed by atoms with Crippen LogP contribution in [0, 0.1) is 0 Å². The van der Waals surface area contributed by atoms with Gasteiger partial charge in [0.25, 0.3) is 0 Å². The third-order valence-electron chi connectivity index (χ3n) is 3.97. The molecule has 0 fully saturated rings. The van der Waals surface area contributed by atoms with Gasteiger partial charge in [-0.15, -0.1) is 0 Å². The summed E-state index contributed by atoms with van der Waals surface area (Å²) >= 11 is 0. The number of hydrogen-bond acceptors (Lipinski definition) is 3. The van der Waals surface area contributed by atoms with E-state index in [4.69, 9.17) is 0 Å². The average molecular weight is 325 g/mol. The lowest BCUT2D eigenvalue weighted by atomic mass is 9.96. The Morgan fingerprint density at radius 3 is 1.83 bits per heavy atom. The lowest BCUT2D eigenvalue weighted by Gasteiger charge is -2.32. The number of esters is 1. The van der Waals surface area contributed by atoms with Crippen LogP contribution in [0.2, 0.25) is 0 Å². The van der Waals surface area contributed by atoms with E-state index in [1.54, 1.807) is 0 Å². The first-order valence-electron chi connectivity index (χ1n) is 8.13. The largest absolute Gasteiger partial charge is 0.469 e. The molecule has 24 heavy (non-hydrogen) atoms. The maximum atomic E-state index is 12.7. The minimum Gasteiger partial charge on any atom is -0.469 e. The number of ether oxygens (including phenoxy) is 1. The first-order valence-corrected chi connectivity index (χ1v) is 8.13. The molecule has 0 aliphatic heterocycles. The van der Waals surface area contributed by atoms with E-state index in [1.165, 1.54) is 7.11 Å². The molecule has 2 aromatic rings. The van der Waals surface area contributed by atoms with Crippen LogP contribution in [0.5, 0.6) is 0 Å². The molecule has 126 valence electrons. The van der Waals surface area contributed by atoms with Gasteiger partial charge in [-0.25, -0.2) is 0 Å². The smallest absolute Gasteiger partial charge is 0.306 e. The van der Waals surface area contributed by atoms with Gasteiger partial charge in [0.15, 0.2) is 0 Å². The highest BCUT2D eigenvalue weighted by Crippen LogP contribution is 2.29. The molecule has 2 aromatic carbocycles. The van der Waals surface area contributed by atoms with Gasteiger partial charge in [0, 0.05) is 13.0 Å². The van der Waals surface area contributed by atoms with Crippen molar-refractivity contribution in [2.75, 3.05) is 13.7 Å². The van der Waals surface area contributed by atoms with E-state index in [2.05, 4.69) is 4.74 Å². The Hall–Kier alpha value is -2.62. The molecular weight excluding hydrogens is 302 g/mol. The summed E-state index contributed by atoms with van der Waals surface area (Å²) in [6.07, 6.45) is 0.249. The molecule has 0 bridgehead atoms. The van der Waals surface area contributed by atoms with E-state index in [0.717, 1.165) is 11.1 Å². The Balaban J connectivity index is 2.30. The van der Waals surface area contributed by atoms with Gasteiger partial charge in [0.2, 0.25) is 5.91 Å². The molecular formula is C20H23NO3. The van der Waals surface area contributed by atoms with Crippen molar-refractivity contribution in [3.8, 4) is 0 Å². The van der Waals surface area contributed by atoms with Crippen LogP contribution >= 0.6 is 0 Å². The number of benzene rings is 2. The molecule has 2 rings (SSSR count). The fourth-order valence-electron chi connectivity index (χ4n) is 2.78. The van der Waals surface area contributed by atoms with Crippen LogP contribution in [-0.2, 0) is 14.3 Å². The number of carbonyl (C=O) groups excluding carboxylic acids is 2. The van der Waals surface area contributed by atoms with Crippen molar-refractivity contribution in [2.24, 2.45) is 0 Å². The molecule has 0 saturated carbocycles. The maximum Gasteiger partial charge on any atom is 0.306 e. The minimum absolute atomic E-state index is 0.0550. The summed E-state index contributed by atoms with van der Waals surface area (Å²) in [6, 6.07) is 19.7. The van der Waals surface area contributed by atoms with Crippen LogP contribution < -0.4 is 0 Å². The molecule has 0 N–H and O–H groups in total. The van der Waals surface area contributed by atoms with Gasteiger partial charge in [0.05, 0.1) is 19.6 Å². The lowest BCUT2D eigenvalue weighted by molar-refractivity contribution is -0.144. The van der Waals surface area contributed by atoms with Crippen molar-refractivity contribution in [1.82, 2.24) is 4.90 Å². The number of carbonyl (C=O) groups is 2. The number of hydrogen-bond donors (Lipinski definition) is 0. The number of nitrogens with zero attached hydrogens (tertiary/aromatic N) is 1. The van der Waals surface area contributed by atoms with Crippen LogP contribution in [0.1, 0.15) is 36.9 Å². The van der Waals surface area contributed by atoms with Gasteiger partial charge in [-0.1, -0.05) is 60.7 Å². The van der Waals surface area contributed by atoms with Gasteiger partial charge in [-0.3, -0.25) is 9.59 Å². The molecule has 0 aromatic heterocycles. The fourth-order valence-corrected chi connectivity index (χ4v) is 2.78. The molecule has 1 amide bonds. The van der Waals surface area contributed by atoms with E-state index in [-0.39, 0.29) is 30.8 Å². The highest BCUT2D eigenvalue weighted by Gasteiger charge is 2.25. The highest BCUT2D eigenvalue weighted by atomic mass is 16.5. The van der Waals surface area contributed by atoms with Crippen LogP contribution in [-0.4, -0.2) is 30.4 Å². The van der Waals surface area contributed by atoms with E-state index in [9.17, 15) is 9.59 Å². The first-order chi connectivity index (χ1) is 11.7. The van der Waals surface area contributed by atoms with Gasteiger partial charge >= 0.3 is 5.97 Å². The van der Waals surface area contributed by atoms with Crippen molar-refractivity contribution < 1.29 is 14.3 Å². The Morgan fingerprint density at radius 2 is 1.42 bits per heavy atom. The Bertz CT molecular complexity index is 616. The molecule has 0 atom stereocenters. The van der Waals surface area contributed by atoms with Crippen LogP contribution in [0.4, 0.5) is 0 Å². The normalized spacial score (nSPS) is 10.5. The lowest BCUT2D eigenvalue weighted by Crippen LogP contribution is -2.35. The Labute approximate surface area is 143 Å². The summed E-state index contributed by atoms with van der Waals surface area (Å²) in [5.74, 6) is -0.420. The minimum atomic E-state index is -0.365. The second kappa shape index (κ2) is 8.87. The van der Waals surface area contributed by atoms with Gasteiger partial charge in [-0.2, -0.15) is 0 Å². The summed E-state index contributed by atoms with van der Waals surface area (Å²) < 4.78 is 4.63. The Morgan fingerprint density at radius 1 is 0.917 bits per heavy atom. The third-order valence-corrected chi connectivity index (χ3v) is 3.97. The molecule has 0 unspecified atom stereocenters. The van der Waals surface area contributed by atoms with Crippen molar-refractivity contribution >= 4 is 11.9 Å². The summed E-state index contributed by atoms with van der Waals surface area (Å²) in [5, 5.41) is 0. The zero-order valence-electron chi connectivity index (χ0n) is 14.1. The topological polar surface area (TPSA) is 46.6 Å². The van der Waals surface area contributed by atoms with E-state index in [0.29, 0.717) is 6.54 Å². The zero-order valence-corrected chi connectivity index (χ0v) is 14.1. The van der Waals surface area contributed by atoms with Crippen LogP contribution in [0.3, 0.4) is 0 Å². The Kier molecular flexibility index (Phi) is 6.55. The van der Waals surface area contributed by atoms with Gasteiger partial charge in [0.1, 0.15) is 0 Å². The summed E-state index contributed by atoms with van der Waals surface area (Å²) in [5.41, 5.74) is 2.11. The molecule has 0 spiro atoms. The molecule has 4 nitrogen and oxygen atoms in total. The average Bonchev–Trinajstić information content (AvgIpc) is 2.65. The summed E-state index contributed by atoms with van der Waals surface area (Å²) in [6.45, 7) is 2.52. The van der Waals surface area contributed by atoms with Gasteiger partial charge < -0.3 is 9.64 Å². The number of rotatable bonds is 7. The van der Waals surface area contributed by atoms with Crippen molar-refractivity contribution in [3.63, 3.8) is 0 Å². The quantitative estimate of drug-likeness (QED) is 0.731. The SMILES string of the molecule is CCN(C(=O)CCC(=O)OC)C(c1ccccc1)c1ccccc1. The maximum absolute atomic E-state index is 12.7. The predicted octanol–water partition coefficient (Wildman–Crippen LogP) is 3.58. The number of methoxy groups -OCH3 is 1. The molecule has 0 heterocycles. The molecule has 0 aliphatic rings. The van der Waals surface area contributed by atoms with Crippen molar-refractivity contribution in [1.29, 1.82) is 0 Å². The monoisotopic (exact) mass is 325 g/mol. The van der Waals surface area contributed by atoms with E-state index in [1.807, 2.05) is 72.5 Å². The summed E-state index contributed by atoms with van der Waals surface area (Å²) in [4.78, 5) is 25.9. The van der Waals surface area contributed by atoms with E-state index < -0.39 is 0 Å². The third kappa shape index (κ3) is 4.44. The fraction of sp³-hybridized carbons (Fsp3) is 0.300. The standard InChI is InChI=1S/C20H23NO3/c1-3-21(18(22)14-15-19(23)24-2)20(16-10-6-4-7-11-16)17-12-8-5-9-13-17/h4-13,20H,3,14-15H2,1-2H3.